The van der Waals surface area contributed by atoms with Gasteiger partial charge in [0.1, 0.15) is 17.5 Å². The molecule has 6 nitrogen and oxygen atoms in total. The number of carbonyl (C=O) groups excluding carboxylic acids is 2. The van der Waals surface area contributed by atoms with Crippen LogP contribution < -0.4 is 9.47 Å². The molecule has 0 N–H and O–H groups in total. The predicted octanol–water partition coefficient (Wildman–Crippen LogP) is 3.35. The Morgan fingerprint density at radius 1 is 0.933 bits per heavy atom. The van der Waals surface area contributed by atoms with Gasteiger partial charge < -0.3 is 19.1 Å². The molecule has 1 amide bonds. The molecule has 3 aromatic rings. The van der Waals surface area contributed by atoms with Crippen molar-refractivity contribution in [2.75, 3.05) is 20.8 Å². The maximum Gasteiger partial charge on any atom is 0.328 e. The zero-order valence-electron chi connectivity index (χ0n) is 17.0. The van der Waals surface area contributed by atoms with Gasteiger partial charge in [-0.15, -0.1) is 0 Å². The average Bonchev–Trinajstić information content (AvgIpc) is 2.80. The van der Waals surface area contributed by atoms with Crippen LogP contribution in [0.3, 0.4) is 0 Å². The van der Waals surface area contributed by atoms with Crippen molar-refractivity contribution in [3.05, 3.63) is 71.8 Å². The summed E-state index contributed by atoms with van der Waals surface area (Å²) in [5, 5.41) is 2.01. The number of nitrogens with zero attached hydrogens (tertiary/aromatic N) is 1. The minimum Gasteiger partial charge on any atom is -0.497 e. The highest BCUT2D eigenvalue weighted by Crippen LogP contribution is 2.26. The van der Waals surface area contributed by atoms with Gasteiger partial charge in [0.2, 0.25) is 0 Å². The maximum atomic E-state index is 12.9. The van der Waals surface area contributed by atoms with Crippen LogP contribution >= 0.6 is 0 Å². The van der Waals surface area contributed by atoms with E-state index in [0.29, 0.717) is 18.7 Å². The molecule has 0 spiro atoms. The fourth-order valence-electron chi connectivity index (χ4n) is 3.78. The van der Waals surface area contributed by atoms with Crippen molar-refractivity contribution in [2.24, 2.45) is 0 Å². The molecule has 1 aliphatic rings. The number of ether oxygens (including phenoxy) is 3. The number of fused-ring (bicyclic) bond motifs is 2. The largest absolute Gasteiger partial charge is 0.497 e. The van der Waals surface area contributed by atoms with Gasteiger partial charge in [-0.05, 0) is 46.2 Å². The molecule has 0 aromatic heterocycles. The van der Waals surface area contributed by atoms with Crippen molar-refractivity contribution in [3.63, 3.8) is 0 Å². The minimum absolute atomic E-state index is 0.162. The topological polar surface area (TPSA) is 65.1 Å². The Labute approximate surface area is 175 Å². The van der Waals surface area contributed by atoms with E-state index >= 15 is 0 Å². The van der Waals surface area contributed by atoms with Crippen molar-refractivity contribution >= 4 is 22.6 Å². The number of esters is 1. The number of carbonyl (C=O) groups is 2. The molecule has 1 aliphatic heterocycles. The molecule has 0 radical (unpaired) electrons. The Kier molecular flexibility index (Phi) is 5.57. The summed E-state index contributed by atoms with van der Waals surface area (Å²) in [7, 11) is 2.96. The SMILES string of the molecule is COC(=O)[C@H]1Cc2ccccc2CN1C(=O)COc1ccc2ccc(OC)cc2c1. The van der Waals surface area contributed by atoms with Crippen LogP contribution in [0.5, 0.6) is 11.5 Å². The molecular weight excluding hydrogens is 382 g/mol. The van der Waals surface area contributed by atoms with Gasteiger partial charge in [0.25, 0.3) is 5.91 Å². The summed E-state index contributed by atoms with van der Waals surface area (Å²) in [5.41, 5.74) is 2.09. The van der Waals surface area contributed by atoms with Crippen LogP contribution in [0.25, 0.3) is 10.8 Å². The Morgan fingerprint density at radius 3 is 2.37 bits per heavy atom. The molecule has 4 rings (SSSR count). The lowest BCUT2D eigenvalue weighted by Crippen LogP contribution is -2.50. The molecule has 0 bridgehead atoms. The van der Waals surface area contributed by atoms with E-state index in [-0.39, 0.29) is 12.5 Å². The van der Waals surface area contributed by atoms with E-state index in [0.717, 1.165) is 27.6 Å². The fourth-order valence-corrected chi connectivity index (χ4v) is 3.78. The number of hydrogen-bond acceptors (Lipinski definition) is 5. The molecule has 6 heteroatoms. The lowest BCUT2D eigenvalue weighted by atomic mass is 9.94. The van der Waals surface area contributed by atoms with Crippen LogP contribution in [0, 0.1) is 0 Å². The number of amides is 1. The van der Waals surface area contributed by atoms with E-state index in [1.165, 1.54) is 12.0 Å². The lowest BCUT2D eigenvalue weighted by molar-refractivity contribution is -0.154. The minimum atomic E-state index is -0.651. The molecule has 0 saturated carbocycles. The van der Waals surface area contributed by atoms with E-state index in [1.807, 2.05) is 60.7 Å². The van der Waals surface area contributed by atoms with Gasteiger partial charge in [-0.1, -0.05) is 36.4 Å². The molecule has 0 aliphatic carbocycles. The smallest absolute Gasteiger partial charge is 0.328 e. The number of hydrogen-bond donors (Lipinski definition) is 0. The van der Waals surface area contributed by atoms with Crippen LogP contribution in [0.15, 0.2) is 60.7 Å². The molecule has 0 saturated heterocycles. The summed E-state index contributed by atoms with van der Waals surface area (Å²) in [6, 6.07) is 18.6. The summed E-state index contributed by atoms with van der Waals surface area (Å²) in [5.74, 6) is 0.654. The summed E-state index contributed by atoms with van der Waals surface area (Å²) in [4.78, 5) is 26.8. The van der Waals surface area contributed by atoms with E-state index < -0.39 is 12.0 Å². The van der Waals surface area contributed by atoms with Crippen LogP contribution in [0.2, 0.25) is 0 Å². The van der Waals surface area contributed by atoms with Gasteiger partial charge >= 0.3 is 5.97 Å². The summed E-state index contributed by atoms with van der Waals surface area (Å²) in [6.45, 7) is 0.193. The first-order valence-electron chi connectivity index (χ1n) is 9.73. The standard InChI is InChI=1S/C24H23NO5/c1-28-20-9-7-16-8-10-21(12-19(16)11-20)30-15-23(26)25-14-18-6-4-3-5-17(18)13-22(25)24(27)29-2/h3-12,22H,13-15H2,1-2H3/t22-/m1/s1. The first-order chi connectivity index (χ1) is 14.6. The van der Waals surface area contributed by atoms with Gasteiger partial charge in [0, 0.05) is 13.0 Å². The van der Waals surface area contributed by atoms with E-state index in [2.05, 4.69) is 0 Å². The van der Waals surface area contributed by atoms with Gasteiger partial charge in [-0.2, -0.15) is 0 Å². The second-order valence-corrected chi connectivity index (χ2v) is 7.20. The molecule has 30 heavy (non-hydrogen) atoms. The molecule has 3 aromatic carbocycles. The molecule has 154 valence electrons. The van der Waals surface area contributed by atoms with Crippen LogP contribution in [0.1, 0.15) is 11.1 Å². The van der Waals surface area contributed by atoms with Gasteiger partial charge in [-0.25, -0.2) is 4.79 Å². The Balaban J connectivity index is 1.51. The van der Waals surface area contributed by atoms with Gasteiger partial charge in [0.15, 0.2) is 6.61 Å². The van der Waals surface area contributed by atoms with Crippen LogP contribution in [0.4, 0.5) is 0 Å². The van der Waals surface area contributed by atoms with E-state index in [4.69, 9.17) is 14.2 Å². The summed E-state index contributed by atoms with van der Waals surface area (Å²) in [6.07, 6.45) is 0.435. The van der Waals surface area contributed by atoms with Gasteiger partial charge in [-0.3, -0.25) is 4.79 Å². The molecule has 0 unspecified atom stereocenters. The lowest BCUT2D eigenvalue weighted by Gasteiger charge is -2.35. The third-order valence-corrected chi connectivity index (χ3v) is 5.42. The second-order valence-electron chi connectivity index (χ2n) is 7.20. The van der Waals surface area contributed by atoms with Crippen molar-refractivity contribution in [2.45, 2.75) is 19.0 Å². The molecule has 1 atom stereocenters. The highest BCUT2D eigenvalue weighted by Gasteiger charge is 2.35. The third-order valence-electron chi connectivity index (χ3n) is 5.42. The first kappa shape index (κ1) is 19.8. The normalized spacial score (nSPS) is 15.4. The molecule has 1 heterocycles. The zero-order valence-corrected chi connectivity index (χ0v) is 17.0. The summed E-state index contributed by atoms with van der Waals surface area (Å²) < 4.78 is 16.0. The van der Waals surface area contributed by atoms with Crippen molar-refractivity contribution in [1.29, 1.82) is 0 Å². The number of rotatable bonds is 5. The van der Waals surface area contributed by atoms with Crippen molar-refractivity contribution in [3.8, 4) is 11.5 Å². The Bertz CT molecular complexity index is 1090. The Hall–Kier alpha value is -3.54. The van der Waals surface area contributed by atoms with Crippen LogP contribution in [-0.2, 0) is 27.3 Å². The monoisotopic (exact) mass is 405 g/mol. The third kappa shape index (κ3) is 3.94. The van der Waals surface area contributed by atoms with Crippen molar-refractivity contribution < 1.29 is 23.8 Å². The van der Waals surface area contributed by atoms with Gasteiger partial charge in [0.05, 0.1) is 14.2 Å². The molecular formula is C24H23NO5. The second kappa shape index (κ2) is 8.45. The highest BCUT2D eigenvalue weighted by atomic mass is 16.5. The summed E-state index contributed by atoms with van der Waals surface area (Å²) >= 11 is 0. The van der Waals surface area contributed by atoms with Crippen LogP contribution in [-0.4, -0.2) is 43.6 Å². The predicted molar refractivity (Wildman–Crippen MR) is 112 cm³/mol. The first-order valence-corrected chi connectivity index (χ1v) is 9.73. The zero-order chi connectivity index (χ0) is 21.1. The number of methoxy groups -OCH3 is 2. The van der Waals surface area contributed by atoms with E-state index in [9.17, 15) is 9.59 Å². The highest BCUT2D eigenvalue weighted by molar-refractivity contribution is 5.87. The quantitative estimate of drug-likeness (QED) is 0.609. The maximum absolute atomic E-state index is 12.9. The van der Waals surface area contributed by atoms with E-state index in [1.54, 1.807) is 7.11 Å². The number of benzene rings is 3. The average molecular weight is 405 g/mol. The Morgan fingerprint density at radius 2 is 1.63 bits per heavy atom. The van der Waals surface area contributed by atoms with Crippen molar-refractivity contribution in [1.82, 2.24) is 4.90 Å². The fraction of sp³-hybridized carbons (Fsp3) is 0.250. The molecule has 0 fully saturated rings.